The average molecular weight is 459 g/mol. The van der Waals surface area contributed by atoms with E-state index in [9.17, 15) is 9.59 Å². The first-order valence-electron chi connectivity index (χ1n) is 10.3. The molecule has 4 rings (SSSR count). The lowest BCUT2D eigenvalue weighted by molar-refractivity contribution is 0.414. The first-order valence-corrected chi connectivity index (χ1v) is 10.7. The summed E-state index contributed by atoms with van der Waals surface area (Å²) in [5.41, 5.74) is 0.715. The number of methoxy groups -OCH3 is 1. The number of rotatable bonds is 9. The Morgan fingerprint density at radius 3 is 2.59 bits per heavy atom. The first kappa shape index (κ1) is 21.8. The van der Waals surface area contributed by atoms with E-state index >= 15 is 0 Å². The Hall–Kier alpha value is -3.47. The Kier molecular flexibility index (Phi) is 6.35. The molecule has 11 nitrogen and oxygen atoms in total. The number of imidazole rings is 1. The number of nitrogens with zero attached hydrogens (tertiary/aromatic N) is 7. The van der Waals surface area contributed by atoms with Crippen LogP contribution in [-0.2, 0) is 26.1 Å². The molecule has 0 unspecified atom stereocenters. The molecule has 168 valence electrons. The monoisotopic (exact) mass is 458 g/mol. The third kappa shape index (κ3) is 4.28. The van der Waals surface area contributed by atoms with Crippen LogP contribution in [-0.4, -0.2) is 46.4 Å². The number of benzene rings is 1. The van der Waals surface area contributed by atoms with E-state index in [0.29, 0.717) is 31.8 Å². The van der Waals surface area contributed by atoms with E-state index in [1.54, 1.807) is 11.8 Å². The van der Waals surface area contributed by atoms with Crippen molar-refractivity contribution in [3.8, 4) is 5.75 Å². The Morgan fingerprint density at radius 2 is 1.88 bits per heavy atom. The zero-order chi connectivity index (χ0) is 22.7. The van der Waals surface area contributed by atoms with Crippen molar-refractivity contribution in [2.45, 2.75) is 45.8 Å². The predicted molar refractivity (Wildman–Crippen MR) is 118 cm³/mol. The predicted octanol–water partition coefficient (Wildman–Crippen LogP) is 1.63. The van der Waals surface area contributed by atoms with Crippen LogP contribution >= 0.6 is 11.6 Å². The number of H-pyrrole nitrogens is 1. The van der Waals surface area contributed by atoms with Gasteiger partial charge in [-0.3, -0.25) is 13.9 Å². The second-order valence-electron chi connectivity index (χ2n) is 7.31. The standard InChI is InChI=1S/C20H23ClN8O3/c1-3-9-27-17-16(22-19(21)23-17)18(30)28(20(27)31)10-4-11-29-15(24-25-26-29)12-13-5-7-14(32-2)8-6-13/h5-8H,3-4,9-12H2,1-2H3,(H,22,23). The minimum atomic E-state index is -0.438. The van der Waals surface area contributed by atoms with E-state index in [1.807, 2.05) is 31.2 Å². The van der Waals surface area contributed by atoms with Crippen molar-refractivity contribution in [1.29, 1.82) is 0 Å². The van der Waals surface area contributed by atoms with Gasteiger partial charge in [0.05, 0.1) is 7.11 Å². The van der Waals surface area contributed by atoms with Crippen molar-refractivity contribution in [3.63, 3.8) is 0 Å². The number of aromatic amines is 1. The third-order valence-corrected chi connectivity index (χ3v) is 5.34. The number of halogens is 1. The number of aryl methyl sites for hydroxylation is 2. The van der Waals surface area contributed by atoms with Gasteiger partial charge in [-0.25, -0.2) is 9.48 Å². The summed E-state index contributed by atoms with van der Waals surface area (Å²) in [5, 5.41) is 12.0. The van der Waals surface area contributed by atoms with Gasteiger partial charge >= 0.3 is 5.69 Å². The van der Waals surface area contributed by atoms with Crippen molar-refractivity contribution < 1.29 is 4.74 Å². The summed E-state index contributed by atoms with van der Waals surface area (Å²) in [7, 11) is 1.62. The zero-order valence-electron chi connectivity index (χ0n) is 17.8. The van der Waals surface area contributed by atoms with Crippen LogP contribution in [0.2, 0.25) is 5.28 Å². The molecule has 1 aromatic carbocycles. The van der Waals surface area contributed by atoms with E-state index in [-0.39, 0.29) is 23.0 Å². The molecule has 0 saturated heterocycles. The highest BCUT2D eigenvalue weighted by atomic mass is 35.5. The molecule has 0 aliphatic rings. The Labute approximate surface area is 187 Å². The van der Waals surface area contributed by atoms with E-state index in [0.717, 1.165) is 17.7 Å². The first-order chi connectivity index (χ1) is 15.5. The van der Waals surface area contributed by atoms with Crippen molar-refractivity contribution in [2.24, 2.45) is 0 Å². The summed E-state index contributed by atoms with van der Waals surface area (Å²) >= 11 is 5.94. The van der Waals surface area contributed by atoms with Gasteiger partial charge in [0.25, 0.3) is 5.56 Å². The van der Waals surface area contributed by atoms with Crippen LogP contribution in [0.25, 0.3) is 11.2 Å². The topological polar surface area (TPSA) is 126 Å². The molecule has 1 N–H and O–H groups in total. The quantitative estimate of drug-likeness (QED) is 0.378. The minimum Gasteiger partial charge on any atom is -0.497 e. The van der Waals surface area contributed by atoms with Gasteiger partial charge in [0, 0.05) is 26.1 Å². The van der Waals surface area contributed by atoms with Gasteiger partial charge in [0.15, 0.2) is 17.0 Å². The Balaban J connectivity index is 1.51. The highest BCUT2D eigenvalue weighted by Crippen LogP contribution is 2.14. The fourth-order valence-electron chi connectivity index (χ4n) is 3.59. The molecule has 0 aliphatic carbocycles. The molecule has 12 heteroatoms. The van der Waals surface area contributed by atoms with Gasteiger partial charge in [-0.15, -0.1) is 5.10 Å². The highest BCUT2D eigenvalue weighted by molar-refractivity contribution is 6.28. The maximum atomic E-state index is 12.9. The molecule has 0 aliphatic heterocycles. The molecule has 3 heterocycles. The number of ether oxygens (including phenoxy) is 1. The molecule has 0 fully saturated rings. The van der Waals surface area contributed by atoms with Gasteiger partial charge in [0.2, 0.25) is 5.28 Å². The van der Waals surface area contributed by atoms with E-state index in [2.05, 4.69) is 25.5 Å². The van der Waals surface area contributed by atoms with Crippen molar-refractivity contribution >= 4 is 22.8 Å². The van der Waals surface area contributed by atoms with Gasteiger partial charge in [-0.05, 0) is 52.6 Å². The lowest BCUT2D eigenvalue weighted by Crippen LogP contribution is -2.40. The van der Waals surface area contributed by atoms with Crippen LogP contribution in [0.5, 0.6) is 5.75 Å². The van der Waals surface area contributed by atoms with Crippen LogP contribution in [0.15, 0.2) is 33.9 Å². The van der Waals surface area contributed by atoms with Crippen LogP contribution in [0.1, 0.15) is 31.2 Å². The summed E-state index contributed by atoms with van der Waals surface area (Å²) in [5.74, 6) is 1.48. The summed E-state index contributed by atoms with van der Waals surface area (Å²) in [4.78, 5) is 32.6. The average Bonchev–Trinajstić information content (AvgIpc) is 3.40. The van der Waals surface area contributed by atoms with Crippen molar-refractivity contribution in [3.05, 3.63) is 61.8 Å². The molecule has 0 spiro atoms. The number of fused-ring (bicyclic) bond motifs is 1. The van der Waals surface area contributed by atoms with Crippen LogP contribution in [0.4, 0.5) is 0 Å². The van der Waals surface area contributed by atoms with Crippen molar-refractivity contribution in [2.75, 3.05) is 7.11 Å². The summed E-state index contributed by atoms with van der Waals surface area (Å²) in [6.45, 7) is 3.07. The summed E-state index contributed by atoms with van der Waals surface area (Å²) in [6, 6.07) is 7.68. The SMILES string of the molecule is CCCn1c(=O)n(CCCn2nnnc2Cc2ccc(OC)cc2)c(=O)c2[nH]c(Cl)nc21. The highest BCUT2D eigenvalue weighted by Gasteiger charge is 2.16. The number of hydrogen-bond acceptors (Lipinski definition) is 7. The van der Waals surface area contributed by atoms with Gasteiger partial charge in [0.1, 0.15) is 5.75 Å². The second-order valence-corrected chi connectivity index (χ2v) is 7.67. The number of hydrogen-bond donors (Lipinski definition) is 1. The van der Waals surface area contributed by atoms with Crippen LogP contribution in [0.3, 0.4) is 0 Å². The number of aromatic nitrogens is 8. The van der Waals surface area contributed by atoms with Crippen LogP contribution in [0, 0.1) is 0 Å². The third-order valence-electron chi connectivity index (χ3n) is 5.16. The number of nitrogens with one attached hydrogen (secondary N) is 1. The van der Waals surface area contributed by atoms with Gasteiger partial charge in [-0.2, -0.15) is 4.98 Å². The normalized spacial score (nSPS) is 11.3. The van der Waals surface area contributed by atoms with Gasteiger partial charge < -0.3 is 9.72 Å². The molecule has 0 saturated carbocycles. The molecule has 0 radical (unpaired) electrons. The molecule has 32 heavy (non-hydrogen) atoms. The smallest absolute Gasteiger partial charge is 0.332 e. The fourth-order valence-corrected chi connectivity index (χ4v) is 3.76. The Bertz CT molecular complexity index is 1340. The molecule has 3 aromatic heterocycles. The second kappa shape index (κ2) is 9.35. The number of tetrazole rings is 1. The maximum Gasteiger partial charge on any atom is 0.332 e. The van der Waals surface area contributed by atoms with Crippen LogP contribution < -0.4 is 16.0 Å². The largest absolute Gasteiger partial charge is 0.497 e. The zero-order valence-corrected chi connectivity index (χ0v) is 18.5. The molecule has 0 amide bonds. The summed E-state index contributed by atoms with van der Waals surface area (Å²) in [6.07, 6.45) is 1.77. The summed E-state index contributed by atoms with van der Waals surface area (Å²) < 4.78 is 9.55. The van der Waals surface area contributed by atoms with E-state index < -0.39 is 11.2 Å². The maximum absolute atomic E-state index is 12.9. The van der Waals surface area contributed by atoms with Gasteiger partial charge in [-0.1, -0.05) is 19.1 Å². The molecular formula is C20H23ClN8O3. The Morgan fingerprint density at radius 1 is 1.09 bits per heavy atom. The lowest BCUT2D eigenvalue weighted by Gasteiger charge is -2.11. The molecule has 4 aromatic rings. The molecular weight excluding hydrogens is 436 g/mol. The minimum absolute atomic E-state index is 0.0796. The van der Waals surface area contributed by atoms with Crippen molar-refractivity contribution in [1.82, 2.24) is 39.3 Å². The fraction of sp³-hybridized carbons (Fsp3) is 0.400. The molecule has 0 bridgehead atoms. The van der Waals surface area contributed by atoms with E-state index in [4.69, 9.17) is 16.3 Å². The van der Waals surface area contributed by atoms with E-state index in [1.165, 1.54) is 9.13 Å². The molecule has 0 atom stereocenters. The lowest BCUT2D eigenvalue weighted by atomic mass is 10.1.